The Hall–Kier alpha value is -0.920. The predicted molar refractivity (Wildman–Crippen MR) is 78.0 cm³/mol. The van der Waals surface area contributed by atoms with Crippen molar-refractivity contribution in [1.29, 1.82) is 0 Å². The van der Waals surface area contributed by atoms with E-state index >= 15 is 0 Å². The number of sulfonamides is 1. The van der Waals surface area contributed by atoms with E-state index in [0.717, 1.165) is 12.3 Å². The van der Waals surface area contributed by atoms with Crippen LogP contribution in [-0.2, 0) is 16.6 Å². The summed E-state index contributed by atoms with van der Waals surface area (Å²) in [6.07, 6.45) is 4.98. The van der Waals surface area contributed by atoms with Gasteiger partial charge in [-0.05, 0) is 43.9 Å². The smallest absolute Gasteiger partial charge is 0.246 e. The summed E-state index contributed by atoms with van der Waals surface area (Å²) in [5, 5.41) is 15.8. The van der Waals surface area contributed by atoms with E-state index in [1.165, 1.54) is 23.6 Å². The van der Waals surface area contributed by atoms with Gasteiger partial charge in [-0.3, -0.25) is 5.10 Å². The average molecular weight is 313 g/mol. The second kappa shape index (κ2) is 5.37. The molecule has 0 saturated heterocycles. The first kappa shape index (κ1) is 15.0. The Morgan fingerprint density at radius 3 is 2.71 bits per heavy atom. The fourth-order valence-electron chi connectivity index (χ4n) is 4.10. The molecule has 3 unspecified atom stereocenters. The summed E-state index contributed by atoms with van der Waals surface area (Å²) in [7, 11) is -1.96. The van der Waals surface area contributed by atoms with Crippen LogP contribution in [0.3, 0.4) is 0 Å². The van der Waals surface area contributed by atoms with Crippen LogP contribution in [0.25, 0.3) is 0 Å². The first-order chi connectivity index (χ1) is 9.93. The lowest BCUT2D eigenvalue weighted by Gasteiger charge is -2.26. The lowest BCUT2D eigenvalue weighted by Crippen LogP contribution is -2.34. The molecule has 1 heterocycles. The number of hydrogen-bond acceptors (Lipinski definition) is 4. The molecule has 1 aromatic heterocycles. The van der Waals surface area contributed by atoms with Crippen LogP contribution >= 0.6 is 0 Å². The molecule has 118 valence electrons. The van der Waals surface area contributed by atoms with Crippen molar-refractivity contribution >= 4 is 10.0 Å². The van der Waals surface area contributed by atoms with E-state index in [-0.39, 0.29) is 17.2 Å². The van der Waals surface area contributed by atoms with Crippen LogP contribution < -0.4 is 0 Å². The van der Waals surface area contributed by atoms with Crippen LogP contribution in [0.1, 0.15) is 37.1 Å². The highest BCUT2D eigenvalue weighted by Crippen LogP contribution is 2.48. The molecule has 2 N–H and O–H groups in total. The van der Waals surface area contributed by atoms with Gasteiger partial charge in [-0.2, -0.15) is 5.10 Å². The van der Waals surface area contributed by atoms with Gasteiger partial charge in [-0.15, -0.1) is 0 Å². The molecule has 1 aromatic rings. The summed E-state index contributed by atoms with van der Waals surface area (Å²) < 4.78 is 26.9. The maximum atomic E-state index is 12.7. The molecule has 0 aliphatic heterocycles. The van der Waals surface area contributed by atoms with Crippen LogP contribution in [0, 0.1) is 24.7 Å². The van der Waals surface area contributed by atoms with Gasteiger partial charge in [0.15, 0.2) is 0 Å². The molecule has 0 aromatic carbocycles. The van der Waals surface area contributed by atoms with Gasteiger partial charge in [0.05, 0.1) is 12.3 Å². The van der Waals surface area contributed by atoms with E-state index < -0.39 is 10.0 Å². The normalized spacial score (nSPS) is 28.7. The summed E-state index contributed by atoms with van der Waals surface area (Å²) >= 11 is 0. The van der Waals surface area contributed by atoms with Crippen LogP contribution in [0.15, 0.2) is 4.90 Å². The number of hydrogen-bond donors (Lipinski definition) is 2. The maximum absolute atomic E-state index is 12.7. The van der Waals surface area contributed by atoms with E-state index in [1.807, 2.05) is 0 Å². The van der Waals surface area contributed by atoms with E-state index in [2.05, 4.69) is 10.2 Å². The van der Waals surface area contributed by atoms with Crippen molar-refractivity contribution in [1.82, 2.24) is 14.5 Å². The SMILES string of the molecule is Cc1[nH]nc(CO)c1S(=O)(=O)N(C)CC1CC2CCC1C2. The number of nitrogens with zero attached hydrogens (tertiary/aromatic N) is 2. The highest BCUT2D eigenvalue weighted by atomic mass is 32.2. The minimum atomic E-state index is -3.59. The molecule has 3 atom stereocenters. The van der Waals surface area contributed by atoms with Crippen molar-refractivity contribution in [2.24, 2.45) is 17.8 Å². The molecule has 2 aliphatic carbocycles. The van der Waals surface area contributed by atoms with Gasteiger partial charge in [-0.1, -0.05) is 6.42 Å². The van der Waals surface area contributed by atoms with E-state index in [1.54, 1.807) is 14.0 Å². The third-order valence-electron chi connectivity index (χ3n) is 5.16. The zero-order chi connectivity index (χ0) is 15.2. The number of nitrogens with one attached hydrogen (secondary N) is 1. The molecule has 0 radical (unpaired) electrons. The zero-order valence-corrected chi connectivity index (χ0v) is 13.4. The van der Waals surface area contributed by atoms with Crippen molar-refractivity contribution in [2.45, 2.75) is 44.1 Å². The molecule has 0 amide bonds. The number of aromatic nitrogens is 2. The number of aliphatic hydroxyl groups excluding tert-OH is 1. The molecule has 2 bridgehead atoms. The van der Waals surface area contributed by atoms with Gasteiger partial charge in [0.25, 0.3) is 0 Å². The molecule has 2 saturated carbocycles. The number of aromatic amines is 1. The van der Waals surface area contributed by atoms with E-state index in [9.17, 15) is 13.5 Å². The fraction of sp³-hybridized carbons (Fsp3) is 0.786. The number of fused-ring (bicyclic) bond motifs is 2. The molecule has 0 spiro atoms. The zero-order valence-electron chi connectivity index (χ0n) is 12.5. The van der Waals surface area contributed by atoms with E-state index in [0.29, 0.717) is 24.1 Å². The Labute approximate surface area is 125 Å². The number of rotatable bonds is 5. The Balaban J connectivity index is 1.79. The lowest BCUT2D eigenvalue weighted by molar-refractivity contribution is 0.270. The standard InChI is InChI=1S/C14H23N3O3S/c1-9-14(13(8-18)16-15-9)21(19,20)17(2)7-12-6-10-3-4-11(12)5-10/h10-12,18H,3-8H2,1-2H3,(H,15,16). The fourth-order valence-corrected chi connectivity index (χ4v) is 5.64. The molecule has 7 heteroatoms. The third-order valence-corrected chi connectivity index (χ3v) is 7.18. The highest BCUT2D eigenvalue weighted by Gasteiger charge is 2.41. The Kier molecular flexibility index (Phi) is 3.83. The number of H-pyrrole nitrogens is 1. The largest absolute Gasteiger partial charge is 0.390 e. The number of aryl methyl sites for hydroxylation is 1. The van der Waals surface area contributed by atoms with Gasteiger partial charge in [0.2, 0.25) is 10.0 Å². The van der Waals surface area contributed by atoms with Gasteiger partial charge in [0, 0.05) is 13.6 Å². The van der Waals surface area contributed by atoms with Gasteiger partial charge in [-0.25, -0.2) is 12.7 Å². The summed E-state index contributed by atoms with van der Waals surface area (Å²) in [5.74, 6) is 1.98. The first-order valence-corrected chi connectivity index (χ1v) is 8.98. The van der Waals surface area contributed by atoms with Crippen molar-refractivity contribution < 1.29 is 13.5 Å². The maximum Gasteiger partial charge on any atom is 0.246 e. The lowest BCUT2D eigenvalue weighted by atomic mass is 9.89. The van der Waals surface area contributed by atoms with Crippen molar-refractivity contribution in [2.75, 3.05) is 13.6 Å². The van der Waals surface area contributed by atoms with Gasteiger partial charge in [0.1, 0.15) is 10.6 Å². The molecular formula is C14H23N3O3S. The second-order valence-corrected chi connectivity index (χ2v) is 8.48. The highest BCUT2D eigenvalue weighted by molar-refractivity contribution is 7.89. The summed E-state index contributed by atoms with van der Waals surface area (Å²) in [4.78, 5) is 0.135. The van der Waals surface area contributed by atoms with E-state index in [4.69, 9.17) is 0 Å². The van der Waals surface area contributed by atoms with Crippen LogP contribution in [0.2, 0.25) is 0 Å². The molecule has 21 heavy (non-hydrogen) atoms. The third kappa shape index (κ3) is 2.51. The quantitative estimate of drug-likeness (QED) is 0.857. The summed E-state index contributed by atoms with van der Waals surface area (Å²) in [6.45, 7) is 1.87. The first-order valence-electron chi connectivity index (χ1n) is 7.54. The summed E-state index contributed by atoms with van der Waals surface area (Å²) in [6, 6.07) is 0. The Morgan fingerprint density at radius 2 is 2.14 bits per heavy atom. The Morgan fingerprint density at radius 1 is 1.38 bits per heavy atom. The number of aliphatic hydroxyl groups is 1. The minimum Gasteiger partial charge on any atom is -0.390 e. The topological polar surface area (TPSA) is 86.3 Å². The van der Waals surface area contributed by atoms with Crippen molar-refractivity contribution in [3.8, 4) is 0 Å². The molecule has 2 fully saturated rings. The van der Waals surface area contributed by atoms with Crippen LogP contribution in [-0.4, -0.2) is 41.6 Å². The molecular weight excluding hydrogens is 290 g/mol. The molecule has 2 aliphatic rings. The van der Waals surface area contributed by atoms with Gasteiger partial charge < -0.3 is 5.11 Å². The monoisotopic (exact) mass is 313 g/mol. The van der Waals surface area contributed by atoms with Gasteiger partial charge >= 0.3 is 0 Å². The van der Waals surface area contributed by atoms with Crippen molar-refractivity contribution in [3.05, 3.63) is 11.4 Å². The van der Waals surface area contributed by atoms with Crippen molar-refractivity contribution in [3.63, 3.8) is 0 Å². The molecule has 3 rings (SSSR count). The van der Waals surface area contributed by atoms with Crippen LogP contribution in [0.4, 0.5) is 0 Å². The summed E-state index contributed by atoms with van der Waals surface area (Å²) in [5.41, 5.74) is 0.686. The Bertz CT molecular complexity index is 625. The van der Waals surface area contributed by atoms with Crippen LogP contribution in [0.5, 0.6) is 0 Å². The predicted octanol–water partition coefficient (Wildman–Crippen LogP) is 1.27. The minimum absolute atomic E-state index is 0.135. The second-order valence-electron chi connectivity index (χ2n) is 6.50. The molecule has 6 nitrogen and oxygen atoms in total. The average Bonchev–Trinajstić information content (AvgIpc) is 3.13.